The Labute approximate surface area is 123 Å². The summed E-state index contributed by atoms with van der Waals surface area (Å²) in [6.45, 7) is 3.11. The average Bonchev–Trinajstić information content (AvgIpc) is 2.95. The van der Waals surface area contributed by atoms with Crippen molar-refractivity contribution in [2.24, 2.45) is 0 Å². The van der Waals surface area contributed by atoms with E-state index in [2.05, 4.69) is 4.98 Å². The van der Waals surface area contributed by atoms with Gasteiger partial charge in [0.2, 0.25) is 0 Å². The number of carbonyl (C=O) groups excluding carboxylic acids is 1. The summed E-state index contributed by atoms with van der Waals surface area (Å²) >= 11 is 0. The van der Waals surface area contributed by atoms with Gasteiger partial charge in [0.05, 0.1) is 12.5 Å². The van der Waals surface area contributed by atoms with Crippen LogP contribution in [0.3, 0.4) is 0 Å². The number of amides is 1. The summed E-state index contributed by atoms with van der Waals surface area (Å²) in [5.41, 5.74) is 1.11. The van der Waals surface area contributed by atoms with E-state index in [1.54, 1.807) is 12.1 Å². The number of ether oxygens (including phenoxy) is 1. The van der Waals surface area contributed by atoms with Crippen LogP contribution in [0.25, 0.3) is 0 Å². The lowest BCUT2D eigenvalue weighted by Gasteiger charge is -2.24. The summed E-state index contributed by atoms with van der Waals surface area (Å²) < 4.78 is 5.54. The molecule has 2 heterocycles. The molecule has 0 spiro atoms. The topological polar surface area (TPSA) is 79.7 Å². The molecule has 6 nitrogen and oxygen atoms in total. The van der Waals surface area contributed by atoms with Gasteiger partial charge in [-0.15, -0.1) is 0 Å². The van der Waals surface area contributed by atoms with Gasteiger partial charge < -0.3 is 14.7 Å². The third-order valence-electron chi connectivity index (χ3n) is 3.44. The first kappa shape index (κ1) is 15.4. The van der Waals surface area contributed by atoms with E-state index >= 15 is 0 Å². The minimum absolute atomic E-state index is 0.00689. The number of hydrogen-bond donors (Lipinski definition) is 1. The van der Waals surface area contributed by atoms with Crippen molar-refractivity contribution in [2.75, 3.05) is 19.7 Å². The summed E-state index contributed by atoms with van der Waals surface area (Å²) in [4.78, 5) is 29.0. The van der Waals surface area contributed by atoms with Gasteiger partial charge in [-0.3, -0.25) is 9.59 Å². The average molecular weight is 292 g/mol. The minimum atomic E-state index is -0.919. The van der Waals surface area contributed by atoms with Gasteiger partial charge in [0.25, 0.3) is 5.91 Å². The maximum absolute atomic E-state index is 12.5. The Morgan fingerprint density at radius 2 is 2.29 bits per heavy atom. The number of aromatic nitrogens is 1. The first-order valence-electron chi connectivity index (χ1n) is 7.12. The summed E-state index contributed by atoms with van der Waals surface area (Å²) in [7, 11) is 0. The van der Waals surface area contributed by atoms with Crippen LogP contribution in [0.4, 0.5) is 0 Å². The number of hydrogen-bond acceptors (Lipinski definition) is 4. The minimum Gasteiger partial charge on any atom is -0.481 e. The molecule has 1 aromatic rings. The molecule has 21 heavy (non-hydrogen) atoms. The van der Waals surface area contributed by atoms with Gasteiger partial charge in [0.1, 0.15) is 5.69 Å². The van der Waals surface area contributed by atoms with E-state index < -0.39 is 5.97 Å². The third kappa shape index (κ3) is 4.53. The normalized spacial score (nSPS) is 17.7. The standard InChI is InChI=1S/C15H20N2O4/c1-11-4-2-6-13(16-11)15(20)17(8-7-14(18)19)10-12-5-3-9-21-12/h2,4,6,12H,3,5,7-10H2,1H3,(H,18,19)/t12-/m0/s1. The van der Waals surface area contributed by atoms with E-state index in [1.807, 2.05) is 13.0 Å². The molecule has 0 radical (unpaired) electrons. The van der Waals surface area contributed by atoms with Gasteiger partial charge in [0, 0.05) is 25.4 Å². The van der Waals surface area contributed by atoms with Gasteiger partial charge in [0.15, 0.2) is 0 Å². The lowest BCUT2D eigenvalue weighted by atomic mass is 10.2. The highest BCUT2D eigenvalue weighted by molar-refractivity contribution is 5.92. The number of nitrogens with zero attached hydrogens (tertiary/aromatic N) is 2. The van der Waals surface area contributed by atoms with Gasteiger partial charge >= 0.3 is 5.97 Å². The van der Waals surface area contributed by atoms with Crippen molar-refractivity contribution in [1.82, 2.24) is 9.88 Å². The summed E-state index contributed by atoms with van der Waals surface area (Å²) in [6, 6.07) is 5.24. The zero-order valence-electron chi connectivity index (χ0n) is 12.1. The van der Waals surface area contributed by atoms with Crippen LogP contribution < -0.4 is 0 Å². The molecule has 114 valence electrons. The van der Waals surface area contributed by atoms with Crippen molar-refractivity contribution in [2.45, 2.75) is 32.3 Å². The van der Waals surface area contributed by atoms with E-state index in [0.717, 1.165) is 18.5 Å². The second-order valence-corrected chi connectivity index (χ2v) is 5.19. The Balaban J connectivity index is 2.08. The van der Waals surface area contributed by atoms with E-state index in [0.29, 0.717) is 18.8 Å². The van der Waals surface area contributed by atoms with Crippen LogP contribution >= 0.6 is 0 Å². The highest BCUT2D eigenvalue weighted by Crippen LogP contribution is 2.15. The molecule has 0 unspecified atom stereocenters. The molecule has 1 atom stereocenters. The zero-order chi connectivity index (χ0) is 15.2. The van der Waals surface area contributed by atoms with Crippen molar-refractivity contribution in [1.29, 1.82) is 0 Å². The third-order valence-corrected chi connectivity index (χ3v) is 3.44. The molecule has 0 aliphatic carbocycles. The van der Waals surface area contributed by atoms with Crippen LogP contribution in [-0.4, -0.2) is 52.7 Å². The fourth-order valence-electron chi connectivity index (χ4n) is 2.36. The van der Waals surface area contributed by atoms with Gasteiger partial charge in [-0.25, -0.2) is 4.98 Å². The van der Waals surface area contributed by atoms with Crippen molar-refractivity contribution in [3.05, 3.63) is 29.6 Å². The van der Waals surface area contributed by atoms with Crippen LogP contribution in [0.1, 0.15) is 35.4 Å². The molecule has 1 aliphatic heterocycles. The number of carboxylic acid groups (broad SMARTS) is 1. The predicted molar refractivity (Wildman–Crippen MR) is 76.1 cm³/mol. The molecule has 2 rings (SSSR count). The first-order valence-corrected chi connectivity index (χ1v) is 7.12. The Morgan fingerprint density at radius 1 is 1.48 bits per heavy atom. The molecular weight excluding hydrogens is 272 g/mol. The summed E-state index contributed by atoms with van der Waals surface area (Å²) in [5, 5.41) is 8.83. The molecule has 6 heteroatoms. The smallest absolute Gasteiger partial charge is 0.305 e. The number of pyridine rings is 1. The highest BCUT2D eigenvalue weighted by Gasteiger charge is 2.24. The second-order valence-electron chi connectivity index (χ2n) is 5.19. The summed E-state index contributed by atoms with van der Waals surface area (Å²) in [5.74, 6) is -1.16. The monoisotopic (exact) mass is 292 g/mol. The van der Waals surface area contributed by atoms with Crippen molar-refractivity contribution < 1.29 is 19.4 Å². The quantitative estimate of drug-likeness (QED) is 0.859. The van der Waals surface area contributed by atoms with Crippen molar-refractivity contribution >= 4 is 11.9 Å². The number of carboxylic acids is 1. The Bertz CT molecular complexity index is 512. The molecule has 0 aromatic carbocycles. The van der Waals surface area contributed by atoms with Crippen LogP contribution in [0, 0.1) is 6.92 Å². The Kier molecular flexibility index (Phi) is 5.27. The number of aryl methyl sites for hydroxylation is 1. The van der Waals surface area contributed by atoms with Gasteiger partial charge in [-0.2, -0.15) is 0 Å². The Morgan fingerprint density at radius 3 is 2.90 bits per heavy atom. The lowest BCUT2D eigenvalue weighted by molar-refractivity contribution is -0.137. The molecule has 1 fully saturated rings. The fourth-order valence-corrected chi connectivity index (χ4v) is 2.36. The lowest BCUT2D eigenvalue weighted by Crippen LogP contribution is -2.39. The van der Waals surface area contributed by atoms with E-state index in [9.17, 15) is 9.59 Å². The summed E-state index contributed by atoms with van der Waals surface area (Å²) in [6.07, 6.45) is 1.80. The van der Waals surface area contributed by atoms with Crippen LogP contribution in [0.2, 0.25) is 0 Å². The van der Waals surface area contributed by atoms with Gasteiger partial charge in [-0.05, 0) is 31.9 Å². The number of rotatable bonds is 6. The molecule has 0 saturated carbocycles. The van der Waals surface area contributed by atoms with Crippen molar-refractivity contribution in [3.8, 4) is 0 Å². The molecular formula is C15H20N2O4. The first-order chi connectivity index (χ1) is 10.1. The molecule has 0 bridgehead atoms. The van der Waals surface area contributed by atoms with E-state index in [-0.39, 0.29) is 25.0 Å². The van der Waals surface area contributed by atoms with Crippen molar-refractivity contribution in [3.63, 3.8) is 0 Å². The fraction of sp³-hybridized carbons (Fsp3) is 0.533. The predicted octanol–water partition coefficient (Wildman–Crippen LogP) is 1.49. The van der Waals surface area contributed by atoms with Crippen LogP contribution in [-0.2, 0) is 9.53 Å². The van der Waals surface area contributed by atoms with Crippen LogP contribution in [0.5, 0.6) is 0 Å². The molecule has 1 aliphatic rings. The molecule has 1 N–H and O–H groups in total. The number of aliphatic carboxylic acids is 1. The van der Waals surface area contributed by atoms with Gasteiger partial charge in [-0.1, -0.05) is 6.07 Å². The number of carbonyl (C=O) groups is 2. The molecule has 1 aromatic heterocycles. The van der Waals surface area contributed by atoms with E-state index in [4.69, 9.17) is 9.84 Å². The molecule has 1 saturated heterocycles. The zero-order valence-corrected chi connectivity index (χ0v) is 12.1. The highest BCUT2D eigenvalue weighted by atomic mass is 16.5. The van der Waals surface area contributed by atoms with Crippen LogP contribution in [0.15, 0.2) is 18.2 Å². The SMILES string of the molecule is Cc1cccc(C(=O)N(CCC(=O)O)C[C@@H]2CCCO2)n1. The maximum atomic E-state index is 12.5. The Hall–Kier alpha value is -1.95. The molecule has 1 amide bonds. The second kappa shape index (κ2) is 7.17. The van der Waals surface area contributed by atoms with E-state index in [1.165, 1.54) is 4.90 Å². The largest absolute Gasteiger partial charge is 0.481 e. The maximum Gasteiger partial charge on any atom is 0.305 e.